The summed E-state index contributed by atoms with van der Waals surface area (Å²) in [5.74, 6) is 0.293. The minimum absolute atomic E-state index is 0.344. The molecule has 24 heavy (non-hydrogen) atoms. The lowest BCUT2D eigenvalue weighted by Gasteiger charge is -2.07. The first-order chi connectivity index (χ1) is 11.6. The number of amides is 2. The maximum absolute atomic E-state index is 11.8. The smallest absolute Gasteiger partial charge is 0.271 e. The van der Waals surface area contributed by atoms with Crippen LogP contribution in [0.25, 0.3) is 6.08 Å². The summed E-state index contributed by atoms with van der Waals surface area (Å²) in [5, 5.41) is 0. The van der Waals surface area contributed by atoms with Gasteiger partial charge in [-0.2, -0.15) is 0 Å². The van der Waals surface area contributed by atoms with E-state index in [-0.39, 0.29) is 0 Å². The number of hydrogen-bond donors (Lipinski definition) is 2. The van der Waals surface area contributed by atoms with Crippen molar-refractivity contribution in [2.75, 3.05) is 14.2 Å². The number of carbonyl (C=O) groups is 2. The van der Waals surface area contributed by atoms with Crippen LogP contribution in [0.5, 0.6) is 11.5 Å². The van der Waals surface area contributed by atoms with Gasteiger partial charge in [0.15, 0.2) is 0 Å². The Morgan fingerprint density at radius 1 is 1.12 bits per heavy atom. The third-order valence-corrected chi connectivity index (χ3v) is 3.07. The molecule has 7 nitrogen and oxygen atoms in total. The molecule has 124 valence electrons. The van der Waals surface area contributed by atoms with E-state index in [2.05, 4.69) is 15.8 Å². The quantitative estimate of drug-likeness (QED) is 0.643. The number of pyridine rings is 1. The van der Waals surface area contributed by atoms with E-state index in [9.17, 15) is 9.59 Å². The van der Waals surface area contributed by atoms with Crippen LogP contribution >= 0.6 is 0 Å². The molecule has 0 fully saturated rings. The van der Waals surface area contributed by atoms with Crippen molar-refractivity contribution in [3.63, 3.8) is 0 Å². The Hall–Kier alpha value is -3.35. The second-order valence-electron chi connectivity index (χ2n) is 4.63. The summed E-state index contributed by atoms with van der Waals surface area (Å²) in [6, 6.07) is 8.44. The fraction of sp³-hybridized carbons (Fsp3) is 0.118. The van der Waals surface area contributed by atoms with E-state index in [0.717, 1.165) is 0 Å². The van der Waals surface area contributed by atoms with E-state index in [1.807, 2.05) is 0 Å². The Morgan fingerprint density at radius 3 is 2.62 bits per heavy atom. The molecule has 1 aromatic heterocycles. The lowest BCUT2D eigenvalue weighted by Crippen LogP contribution is -2.40. The molecule has 0 unspecified atom stereocenters. The Bertz CT molecular complexity index is 745. The Kier molecular flexibility index (Phi) is 5.90. The van der Waals surface area contributed by atoms with Gasteiger partial charge in [-0.05, 0) is 36.4 Å². The third kappa shape index (κ3) is 4.57. The van der Waals surface area contributed by atoms with Gasteiger partial charge < -0.3 is 9.47 Å². The first-order valence-electron chi connectivity index (χ1n) is 7.04. The molecule has 0 bridgehead atoms. The van der Waals surface area contributed by atoms with Gasteiger partial charge in [0.05, 0.1) is 19.8 Å². The monoisotopic (exact) mass is 327 g/mol. The lowest BCUT2D eigenvalue weighted by atomic mass is 10.1. The lowest BCUT2D eigenvalue weighted by molar-refractivity contribution is -0.117. The molecule has 0 atom stereocenters. The summed E-state index contributed by atoms with van der Waals surface area (Å²) in [5.41, 5.74) is 5.61. The van der Waals surface area contributed by atoms with Crippen LogP contribution in [-0.4, -0.2) is 31.0 Å². The summed E-state index contributed by atoms with van der Waals surface area (Å²) in [4.78, 5) is 27.4. The number of benzene rings is 1. The van der Waals surface area contributed by atoms with E-state index < -0.39 is 11.8 Å². The van der Waals surface area contributed by atoms with Crippen molar-refractivity contribution in [2.45, 2.75) is 0 Å². The van der Waals surface area contributed by atoms with Crippen LogP contribution in [0.1, 0.15) is 15.9 Å². The first kappa shape index (κ1) is 17.0. The Morgan fingerprint density at radius 2 is 1.96 bits per heavy atom. The van der Waals surface area contributed by atoms with Gasteiger partial charge >= 0.3 is 0 Å². The number of carbonyl (C=O) groups excluding carboxylic acids is 2. The van der Waals surface area contributed by atoms with Gasteiger partial charge in [0.2, 0.25) is 0 Å². The third-order valence-electron chi connectivity index (χ3n) is 3.07. The van der Waals surface area contributed by atoms with Gasteiger partial charge in [0, 0.05) is 24.0 Å². The number of hydrogen-bond acceptors (Lipinski definition) is 5. The number of hydrazine groups is 1. The van der Waals surface area contributed by atoms with Gasteiger partial charge in [-0.3, -0.25) is 25.4 Å². The number of aromatic nitrogens is 1. The van der Waals surface area contributed by atoms with Crippen molar-refractivity contribution in [3.8, 4) is 11.5 Å². The second-order valence-corrected chi connectivity index (χ2v) is 4.63. The minimum atomic E-state index is -0.489. The van der Waals surface area contributed by atoms with Crippen molar-refractivity contribution in [3.05, 3.63) is 59.9 Å². The summed E-state index contributed by atoms with van der Waals surface area (Å²) in [6.45, 7) is 0. The molecule has 1 heterocycles. The Labute approximate surface area is 139 Å². The second kappa shape index (κ2) is 8.33. The van der Waals surface area contributed by atoms with Crippen molar-refractivity contribution in [1.29, 1.82) is 0 Å². The molecule has 1 aromatic carbocycles. The van der Waals surface area contributed by atoms with E-state index >= 15 is 0 Å². The molecule has 0 aliphatic rings. The standard InChI is InChI=1S/C17H17N3O4/c1-23-14-6-7-15(24-2)12(10-14)5-8-16(21)19-20-17(22)13-4-3-9-18-11-13/h3-11H,1-2H3,(H,19,21)(H,20,22)/b8-5+. The van der Waals surface area contributed by atoms with E-state index in [1.165, 1.54) is 19.4 Å². The number of methoxy groups -OCH3 is 2. The van der Waals surface area contributed by atoms with E-state index in [0.29, 0.717) is 22.6 Å². The number of nitrogens with zero attached hydrogens (tertiary/aromatic N) is 1. The van der Waals surface area contributed by atoms with Crippen molar-refractivity contribution in [2.24, 2.45) is 0 Å². The van der Waals surface area contributed by atoms with Gasteiger partial charge in [0.1, 0.15) is 11.5 Å². The molecule has 7 heteroatoms. The highest BCUT2D eigenvalue weighted by atomic mass is 16.5. The van der Waals surface area contributed by atoms with Crippen LogP contribution in [0.3, 0.4) is 0 Å². The van der Waals surface area contributed by atoms with Gasteiger partial charge in [0.25, 0.3) is 11.8 Å². The molecular formula is C17H17N3O4. The predicted octanol–water partition coefficient (Wildman–Crippen LogP) is 1.57. The average molecular weight is 327 g/mol. The zero-order valence-corrected chi connectivity index (χ0v) is 13.3. The maximum atomic E-state index is 11.8. The normalized spacial score (nSPS) is 10.2. The predicted molar refractivity (Wildman–Crippen MR) is 88.4 cm³/mol. The molecule has 0 spiro atoms. The largest absolute Gasteiger partial charge is 0.497 e. The SMILES string of the molecule is COc1ccc(OC)c(/C=C/C(=O)NNC(=O)c2cccnc2)c1. The zero-order valence-electron chi connectivity index (χ0n) is 13.3. The molecule has 2 rings (SSSR count). The molecule has 0 saturated heterocycles. The highest BCUT2D eigenvalue weighted by Gasteiger charge is 2.06. The van der Waals surface area contributed by atoms with Crippen LogP contribution < -0.4 is 20.3 Å². The van der Waals surface area contributed by atoms with Gasteiger partial charge in [-0.15, -0.1) is 0 Å². The summed E-state index contributed by atoms with van der Waals surface area (Å²) in [7, 11) is 3.09. The molecule has 2 aromatic rings. The maximum Gasteiger partial charge on any atom is 0.271 e. The van der Waals surface area contributed by atoms with E-state index in [1.54, 1.807) is 49.7 Å². The van der Waals surface area contributed by atoms with Gasteiger partial charge in [-0.25, -0.2) is 0 Å². The van der Waals surface area contributed by atoms with Crippen molar-refractivity contribution in [1.82, 2.24) is 15.8 Å². The first-order valence-corrected chi connectivity index (χ1v) is 7.04. The number of rotatable bonds is 5. The molecule has 0 aliphatic carbocycles. The Balaban J connectivity index is 1.97. The zero-order chi connectivity index (χ0) is 17.4. The molecular weight excluding hydrogens is 310 g/mol. The van der Waals surface area contributed by atoms with Crippen LogP contribution in [0, 0.1) is 0 Å². The molecule has 0 radical (unpaired) electrons. The number of nitrogens with one attached hydrogen (secondary N) is 2. The highest BCUT2D eigenvalue weighted by Crippen LogP contribution is 2.24. The highest BCUT2D eigenvalue weighted by molar-refractivity contribution is 5.97. The molecule has 2 N–H and O–H groups in total. The summed E-state index contributed by atoms with van der Waals surface area (Å²) in [6.07, 6.45) is 5.80. The van der Waals surface area contributed by atoms with Crippen LogP contribution in [0.15, 0.2) is 48.8 Å². The number of ether oxygens (including phenoxy) is 2. The van der Waals surface area contributed by atoms with Crippen molar-refractivity contribution >= 4 is 17.9 Å². The van der Waals surface area contributed by atoms with Crippen LogP contribution in [0.4, 0.5) is 0 Å². The molecule has 2 amide bonds. The van der Waals surface area contributed by atoms with Crippen LogP contribution in [0.2, 0.25) is 0 Å². The average Bonchev–Trinajstić information content (AvgIpc) is 2.64. The fourth-order valence-electron chi connectivity index (χ4n) is 1.86. The van der Waals surface area contributed by atoms with E-state index in [4.69, 9.17) is 9.47 Å². The molecule has 0 aliphatic heterocycles. The minimum Gasteiger partial charge on any atom is -0.497 e. The van der Waals surface area contributed by atoms with Gasteiger partial charge in [-0.1, -0.05) is 0 Å². The fourth-order valence-corrected chi connectivity index (χ4v) is 1.86. The molecule has 0 saturated carbocycles. The summed E-state index contributed by atoms with van der Waals surface area (Å²) < 4.78 is 10.4. The summed E-state index contributed by atoms with van der Waals surface area (Å²) >= 11 is 0. The van der Waals surface area contributed by atoms with Crippen LogP contribution in [-0.2, 0) is 4.79 Å². The topological polar surface area (TPSA) is 89.5 Å². The van der Waals surface area contributed by atoms with Crippen molar-refractivity contribution < 1.29 is 19.1 Å².